The molecule has 0 atom stereocenters. The first-order valence-electron chi connectivity index (χ1n) is 8.57. The van der Waals surface area contributed by atoms with Crippen LogP contribution in [0.15, 0.2) is 53.4 Å². The molecule has 0 saturated carbocycles. The highest BCUT2D eigenvalue weighted by atomic mass is 32.2. The molecule has 2 aromatic rings. The molecule has 26 heavy (non-hydrogen) atoms. The fourth-order valence-corrected chi connectivity index (χ4v) is 3.95. The number of nitrogens with one attached hydrogen (secondary N) is 2. The lowest BCUT2D eigenvalue weighted by Gasteiger charge is -2.27. The van der Waals surface area contributed by atoms with Gasteiger partial charge in [-0.05, 0) is 29.3 Å². The maximum atomic E-state index is 12.4. The Kier molecular flexibility index (Phi) is 6.01. The van der Waals surface area contributed by atoms with E-state index in [2.05, 4.69) is 14.9 Å². The van der Waals surface area contributed by atoms with Gasteiger partial charge in [0.15, 0.2) is 0 Å². The van der Waals surface area contributed by atoms with Crippen molar-refractivity contribution in [2.45, 2.75) is 18.0 Å². The van der Waals surface area contributed by atoms with Gasteiger partial charge in [0.2, 0.25) is 10.0 Å². The number of nitriles is 1. The number of nitrogens with zero attached hydrogens (tertiary/aromatic N) is 2. The lowest BCUT2D eigenvalue weighted by molar-refractivity contribution is 0.233. The molecule has 0 aliphatic carbocycles. The normalized spacial score (nSPS) is 15.5. The van der Waals surface area contributed by atoms with Gasteiger partial charge < -0.3 is 5.32 Å². The summed E-state index contributed by atoms with van der Waals surface area (Å²) in [7, 11) is -3.64. The zero-order chi connectivity index (χ0) is 18.4. The molecule has 0 bridgehead atoms. The summed E-state index contributed by atoms with van der Waals surface area (Å²) in [6.45, 7) is 5.26. The Labute approximate surface area is 154 Å². The van der Waals surface area contributed by atoms with E-state index in [4.69, 9.17) is 5.26 Å². The Balaban J connectivity index is 1.59. The zero-order valence-electron chi connectivity index (χ0n) is 14.5. The molecular formula is C19H22N4O2S. The van der Waals surface area contributed by atoms with Crippen LogP contribution >= 0.6 is 0 Å². The smallest absolute Gasteiger partial charge is 0.240 e. The van der Waals surface area contributed by atoms with Crippen LogP contribution in [0.2, 0.25) is 0 Å². The molecule has 0 radical (unpaired) electrons. The van der Waals surface area contributed by atoms with Crippen LogP contribution in [0.5, 0.6) is 0 Å². The van der Waals surface area contributed by atoms with Crippen molar-refractivity contribution in [1.29, 1.82) is 5.26 Å². The fourth-order valence-electron chi connectivity index (χ4n) is 2.88. The molecule has 0 spiro atoms. The van der Waals surface area contributed by atoms with Gasteiger partial charge in [0.05, 0.1) is 16.5 Å². The second-order valence-electron chi connectivity index (χ2n) is 6.31. The van der Waals surface area contributed by atoms with Crippen molar-refractivity contribution in [3.05, 3.63) is 65.2 Å². The summed E-state index contributed by atoms with van der Waals surface area (Å²) in [5.41, 5.74) is 2.44. The lowest BCUT2D eigenvalue weighted by atomic mass is 10.1. The molecule has 7 heteroatoms. The average molecular weight is 370 g/mol. The van der Waals surface area contributed by atoms with Crippen LogP contribution in [0.3, 0.4) is 0 Å². The van der Waals surface area contributed by atoms with Crippen molar-refractivity contribution in [3.63, 3.8) is 0 Å². The topological polar surface area (TPSA) is 85.2 Å². The third-order valence-electron chi connectivity index (χ3n) is 4.38. The number of piperazine rings is 1. The molecule has 6 nitrogen and oxygen atoms in total. The van der Waals surface area contributed by atoms with E-state index < -0.39 is 10.0 Å². The Bertz CT molecular complexity index is 883. The van der Waals surface area contributed by atoms with E-state index in [9.17, 15) is 8.42 Å². The van der Waals surface area contributed by atoms with E-state index in [1.807, 2.05) is 30.3 Å². The molecule has 2 aromatic carbocycles. The Morgan fingerprint density at radius 2 is 1.77 bits per heavy atom. The number of hydrogen-bond acceptors (Lipinski definition) is 5. The second-order valence-corrected chi connectivity index (χ2v) is 8.07. The molecule has 1 fully saturated rings. The van der Waals surface area contributed by atoms with Crippen LogP contribution in [0, 0.1) is 11.3 Å². The average Bonchev–Trinajstić information content (AvgIpc) is 2.68. The van der Waals surface area contributed by atoms with Crippen LogP contribution in [-0.2, 0) is 23.1 Å². The van der Waals surface area contributed by atoms with Gasteiger partial charge in [0.25, 0.3) is 0 Å². The maximum absolute atomic E-state index is 12.4. The van der Waals surface area contributed by atoms with E-state index in [-0.39, 0.29) is 11.4 Å². The van der Waals surface area contributed by atoms with Crippen LogP contribution in [0.1, 0.15) is 16.7 Å². The van der Waals surface area contributed by atoms with E-state index in [1.165, 1.54) is 17.7 Å². The quantitative estimate of drug-likeness (QED) is 0.804. The Morgan fingerprint density at radius 1 is 1.08 bits per heavy atom. The van der Waals surface area contributed by atoms with Crippen LogP contribution in [0.25, 0.3) is 0 Å². The summed E-state index contributed by atoms with van der Waals surface area (Å²) in [5, 5.41) is 12.2. The number of benzene rings is 2. The molecular weight excluding hydrogens is 348 g/mol. The van der Waals surface area contributed by atoms with Gasteiger partial charge >= 0.3 is 0 Å². The van der Waals surface area contributed by atoms with Crippen molar-refractivity contribution in [2.24, 2.45) is 0 Å². The predicted molar refractivity (Wildman–Crippen MR) is 99.8 cm³/mol. The predicted octanol–water partition coefficient (Wildman–Crippen LogP) is 1.44. The van der Waals surface area contributed by atoms with Crippen molar-refractivity contribution in [2.75, 3.05) is 26.2 Å². The number of rotatable bonds is 6. The minimum absolute atomic E-state index is 0.104. The maximum Gasteiger partial charge on any atom is 0.240 e. The van der Waals surface area contributed by atoms with Crippen LogP contribution in [-0.4, -0.2) is 39.5 Å². The Hall–Kier alpha value is -2.24. The fraction of sp³-hybridized carbons (Fsp3) is 0.316. The standard InChI is InChI=1S/C19H22N4O2S/c20-13-18-2-1-3-19(12-18)26(24,25)22-14-16-4-6-17(7-5-16)15-23-10-8-21-9-11-23/h1-7,12,21-22H,8-11,14-15H2. The van der Waals surface area contributed by atoms with Gasteiger partial charge in [0.1, 0.15) is 0 Å². The molecule has 136 valence electrons. The highest BCUT2D eigenvalue weighted by Crippen LogP contribution is 2.13. The van der Waals surface area contributed by atoms with Gasteiger partial charge in [-0.2, -0.15) is 5.26 Å². The lowest BCUT2D eigenvalue weighted by Crippen LogP contribution is -2.42. The molecule has 1 aliphatic rings. The minimum Gasteiger partial charge on any atom is -0.314 e. The third-order valence-corrected chi connectivity index (χ3v) is 5.78. The zero-order valence-corrected chi connectivity index (χ0v) is 15.3. The first kappa shape index (κ1) is 18.5. The SMILES string of the molecule is N#Cc1cccc(S(=O)(=O)NCc2ccc(CN3CCNCC3)cc2)c1. The molecule has 0 unspecified atom stereocenters. The van der Waals surface area contributed by atoms with E-state index in [0.29, 0.717) is 5.56 Å². The summed E-state index contributed by atoms with van der Waals surface area (Å²) >= 11 is 0. The van der Waals surface area contributed by atoms with Gasteiger partial charge in [-0.1, -0.05) is 30.3 Å². The van der Waals surface area contributed by atoms with Gasteiger partial charge in [-0.3, -0.25) is 4.90 Å². The number of hydrogen-bond donors (Lipinski definition) is 2. The van der Waals surface area contributed by atoms with Crippen LogP contribution in [0.4, 0.5) is 0 Å². The van der Waals surface area contributed by atoms with Crippen molar-refractivity contribution >= 4 is 10.0 Å². The summed E-state index contributed by atoms with van der Waals surface area (Å²) in [5.74, 6) is 0. The van der Waals surface area contributed by atoms with E-state index in [0.717, 1.165) is 38.3 Å². The second kappa shape index (κ2) is 8.43. The monoisotopic (exact) mass is 370 g/mol. The molecule has 1 saturated heterocycles. The van der Waals surface area contributed by atoms with Crippen molar-refractivity contribution < 1.29 is 8.42 Å². The van der Waals surface area contributed by atoms with Crippen LogP contribution < -0.4 is 10.0 Å². The molecule has 3 rings (SSSR count). The largest absolute Gasteiger partial charge is 0.314 e. The van der Waals surface area contributed by atoms with Crippen molar-refractivity contribution in [3.8, 4) is 6.07 Å². The highest BCUT2D eigenvalue weighted by molar-refractivity contribution is 7.89. The summed E-state index contributed by atoms with van der Waals surface area (Å²) < 4.78 is 27.3. The molecule has 0 amide bonds. The number of sulfonamides is 1. The van der Waals surface area contributed by atoms with Crippen molar-refractivity contribution in [1.82, 2.24) is 14.9 Å². The molecule has 1 heterocycles. The van der Waals surface area contributed by atoms with Gasteiger partial charge in [-0.25, -0.2) is 13.1 Å². The first-order chi connectivity index (χ1) is 12.6. The molecule has 1 aliphatic heterocycles. The summed E-state index contributed by atoms with van der Waals surface area (Å²) in [6.07, 6.45) is 0. The summed E-state index contributed by atoms with van der Waals surface area (Å²) in [6, 6.07) is 15.9. The highest BCUT2D eigenvalue weighted by Gasteiger charge is 2.14. The van der Waals surface area contributed by atoms with Gasteiger partial charge in [-0.15, -0.1) is 0 Å². The molecule has 2 N–H and O–H groups in total. The Morgan fingerprint density at radius 3 is 2.46 bits per heavy atom. The first-order valence-corrected chi connectivity index (χ1v) is 10.1. The third kappa shape index (κ3) is 4.90. The van der Waals surface area contributed by atoms with E-state index in [1.54, 1.807) is 12.1 Å². The minimum atomic E-state index is -3.64. The molecule has 0 aromatic heterocycles. The van der Waals surface area contributed by atoms with E-state index >= 15 is 0 Å². The van der Waals surface area contributed by atoms with Gasteiger partial charge in [0, 0.05) is 39.3 Å². The summed E-state index contributed by atoms with van der Waals surface area (Å²) in [4.78, 5) is 2.50.